The number of hydrogen-bond donors (Lipinski definition) is 0. The Morgan fingerprint density at radius 3 is 2.55 bits per heavy atom. The smallest absolute Gasteiger partial charge is 0.316 e. The number of hydrogen-bond acceptors (Lipinski definition) is 5. The minimum atomic E-state index is 0.201. The molecule has 2 aliphatic rings. The molecule has 1 atom stereocenters. The van der Waals surface area contributed by atoms with Crippen LogP contribution in [0.15, 0.2) is 12.4 Å². The fraction of sp³-hybridized carbons (Fsp3) is 0.688. The molecule has 0 aromatic carbocycles. The first-order chi connectivity index (χ1) is 10.6. The van der Waals surface area contributed by atoms with Crippen molar-refractivity contribution >= 4 is 5.91 Å². The van der Waals surface area contributed by atoms with Crippen LogP contribution in [0.2, 0.25) is 0 Å². The van der Waals surface area contributed by atoms with E-state index in [9.17, 15) is 4.79 Å². The molecular formula is C16H24N4O2. The van der Waals surface area contributed by atoms with Gasteiger partial charge in [0.2, 0.25) is 5.91 Å². The van der Waals surface area contributed by atoms with Gasteiger partial charge in [-0.15, -0.1) is 0 Å². The highest BCUT2D eigenvalue weighted by atomic mass is 16.5. The van der Waals surface area contributed by atoms with Gasteiger partial charge in [-0.2, -0.15) is 0 Å². The van der Waals surface area contributed by atoms with Gasteiger partial charge < -0.3 is 14.5 Å². The fourth-order valence-corrected chi connectivity index (χ4v) is 3.24. The normalized spacial score (nSPS) is 24.0. The molecule has 0 radical (unpaired) electrons. The Morgan fingerprint density at radius 1 is 1.27 bits per heavy atom. The summed E-state index contributed by atoms with van der Waals surface area (Å²) in [7, 11) is 1.89. The van der Waals surface area contributed by atoms with Crippen LogP contribution in [0.3, 0.4) is 0 Å². The van der Waals surface area contributed by atoms with E-state index in [0.717, 1.165) is 44.6 Å². The fourth-order valence-electron chi connectivity index (χ4n) is 3.24. The Kier molecular flexibility index (Phi) is 4.57. The van der Waals surface area contributed by atoms with Gasteiger partial charge in [-0.3, -0.25) is 4.79 Å². The molecule has 1 amide bonds. The van der Waals surface area contributed by atoms with E-state index in [4.69, 9.17) is 4.74 Å². The number of carbonyl (C=O) groups excluding carboxylic acids is 1. The average molecular weight is 304 g/mol. The van der Waals surface area contributed by atoms with Crippen molar-refractivity contribution in [2.24, 2.45) is 5.92 Å². The van der Waals surface area contributed by atoms with E-state index in [1.807, 2.05) is 18.9 Å². The molecule has 0 N–H and O–H groups in total. The first-order valence-corrected chi connectivity index (χ1v) is 8.02. The highest BCUT2D eigenvalue weighted by Crippen LogP contribution is 2.21. The molecule has 120 valence electrons. The Labute approximate surface area is 131 Å². The largest absolute Gasteiger partial charge is 0.460 e. The van der Waals surface area contributed by atoms with E-state index in [2.05, 4.69) is 14.9 Å². The van der Waals surface area contributed by atoms with Crippen molar-refractivity contribution in [2.45, 2.75) is 32.3 Å². The maximum Gasteiger partial charge on any atom is 0.316 e. The average Bonchev–Trinajstić information content (AvgIpc) is 2.82. The molecular weight excluding hydrogens is 280 g/mol. The number of rotatable bonds is 4. The molecule has 6 nitrogen and oxygen atoms in total. The summed E-state index contributed by atoms with van der Waals surface area (Å²) in [4.78, 5) is 24.3. The molecule has 2 fully saturated rings. The van der Waals surface area contributed by atoms with E-state index in [-0.39, 0.29) is 12.0 Å². The van der Waals surface area contributed by atoms with Gasteiger partial charge in [-0.25, -0.2) is 9.97 Å². The maximum atomic E-state index is 11.6. The van der Waals surface area contributed by atoms with Crippen LogP contribution in [-0.4, -0.2) is 65.0 Å². The maximum absolute atomic E-state index is 11.6. The number of aromatic nitrogens is 2. The van der Waals surface area contributed by atoms with Crippen LogP contribution in [0.1, 0.15) is 24.8 Å². The molecule has 6 heteroatoms. The number of carbonyl (C=O) groups is 1. The highest BCUT2D eigenvalue weighted by Gasteiger charge is 2.30. The Morgan fingerprint density at radius 2 is 1.95 bits per heavy atom. The van der Waals surface area contributed by atoms with Gasteiger partial charge in [0.1, 0.15) is 6.10 Å². The summed E-state index contributed by atoms with van der Waals surface area (Å²) in [5.74, 6) is 0.759. The predicted octanol–water partition coefficient (Wildman–Crippen LogP) is 1.11. The Balaban J connectivity index is 1.42. The minimum Gasteiger partial charge on any atom is -0.460 e. The molecule has 1 aromatic rings. The van der Waals surface area contributed by atoms with Crippen molar-refractivity contribution in [3.8, 4) is 6.01 Å². The molecule has 3 heterocycles. The number of amides is 1. The second kappa shape index (κ2) is 6.60. The van der Waals surface area contributed by atoms with Crippen LogP contribution >= 0.6 is 0 Å². The van der Waals surface area contributed by atoms with Gasteiger partial charge >= 0.3 is 6.01 Å². The van der Waals surface area contributed by atoms with E-state index in [1.54, 1.807) is 12.4 Å². The number of likely N-dealkylation sites (tertiary alicyclic amines) is 2. The van der Waals surface area contributed by atoms with Crippen LogP contribution < -0.4 is 4.74 Å². The molecule has 0 spiro atoms. The van der Waals surface area contributed by atoms with Crippen LogP contribution in [0.25, 0.3) is 0 Å². The second-order valence-electron chi connectivity index (χ2n) is 6.51. The molecule has 2 aliphatic heterocycles. The van der Waals surface area contributed by atoms with Crippen molar-refractivity contribution in [2.75, 3.05) is 33.2 Å². The summed E-state index contributed by atoms with van der Waals surface area (Å²) in [6.45, 7) is 5.92. The minimum absolute atomic E-state index is 0.201. The van der Waals surface area contributed by atoms with E-state index in [1.165, 1.54) is 0 Å². The molecule has 1 aromatic heterocycles. The third kappa shape index (κ3) is 3.74. The highest BCUT2D eigenvalue weighted by molar-refractivity contribution is 5.78. The van der Waals surface area contributed by atoms with Gasteiger partial charge in [0, 0.05) is 52.0 Å². The van der Waals surface area contributed by atoms with Gasteiger partial charge in [0.15, 0.2) is 0 Å². The zero-order chi connectivity index (χ0) is 15.5. The molecule has 22 heavy (non-hydrogen) atoms. The molecule has 0 bridgehead atoms. The van der Waals surface area contributed by atoms with E-state index < -0.39 is 0 Å². The Hall–Kier alpha value is -1.69. The lowest BCUT2D eigenvalue weighted by molar-refractivity contribution is -0.126. The molecule has 1 unspecified atom stereocenters. The zero-order valence-electron chi connectivity index (χ0n) is 13.4. The van der Waals surface area contributed by atoms with Gasteiger partial charge in [-0.05, 0) is 31.2 Å². The number of ether oxygens (including phenoxy) is 1. The molecule has 0 saturated carbocycles. The van der Waals surface area contributed by atoms with Crippen molar-refractivity contribution in [3.05, 3.63) is 18.0 Å². The van der Waals surface area contributed by atoms with Crippen LogP contribution in [0, 0.1) is 12.8 Å². The quantitative estimate of drug-likeness (QED) is 0.834. The lowest BCUT2D eigenvalue weighted by atomic mass is 10.0. The summed E-state index contributed by atoms with van der Waals surface area (Å²) in [6.07, 6.45) is 6.45. The molecule has 2 saturated heterocycles. The summed E-state index contributed by atoms with van der Waals surface area (Å²) < 4.78 is 5.85. The zero-order valence-corrected chi connectivity index (χ0v) is 13.4. The first-order valence-electron chi connectivity index (χ1n) is 8.02. The summed E-state index contributed by atoms with van der Waals surface area (Å²) in [5.41, 5.74) is 1.04. The topological polar surface area (TPSA) is 58.6 Å². The van der Waals surface area contributed by atoms with Gasteiger partial charge in [0.05, 0.1) is 0 Å². The summed E-state index contributed by atoms with van der Waals surface area (Å²) in [5, 5.41) is 0. The van der Waals surface area contributed by atoms with E-state index in [0.29, 0.717) is 18.3 Å². The van der Waals surface area contributed by atoms with E-state index >= 15 is 0 Å². The summed E-state index contributed by atoms with van der Waals surface area (Å²) >= 11 is 0. The third-order valence-electron chi connectivity index (χ3n) is 4.50. The number of aryl methyl sites for hydroxylation is 1. The predicted molar refractivity (Wildman–Crippen MR) is 82.6 cm³/mol. The van der Waals surface area contributed by atoms with Gasteiger partial charge in [-0.1, -0.05) is 0 Å². The SMILES string of the molecule is Cc1cnc(OC2CCN(CC3CC(=O)N(C)C3)CC2)nc1. The second-order valence-corrected chi connectivity index (χ2v) is 6.51. The number of piperidine rings is 1. The lowest BCUT2D eigenvalue weighted by Gasteiger charge is -2.32. The van der Waals surface area contributed by atoms with Crippen molar-refractivity contribution in [1.82, 2.24) is 19.8 Å². The molecule has 3 rings (SSSR count). The number of nitrogens with zero attached hydrogens (tertiary/aromatic N) is 4. The third-order valence-corrected chi connectivity index (χ3v) is 4.50. The van der Waals surface area contributed by atoms with Crippen LogP contribution in [0.4, 0.5) is 0 Å². The van der Waals surface area contributed by atoms with Crippen molar-refractivity contribution in [1.29, 1.82) is 0 Å². The van der Waals surface area contributed by atoms with Crippen LogP contribution in [-0.2, 0) is 4.79 Å². The van der Waals surface area contributed by atoms with Crippen molar-refractivity contribution in [3.63, 3.8) is 0 Å². The van der Waals surface area contributed by atoms with Crippen LogP contribution in [0.5, 0.6) is 6.01 Å². The standard InChI is InChI=1S/C16H24N4O2/c1-12-8-17-16(18-9-12)22-14-3-5-20(6-4-14)11-13-7-15(21)19(2)10-13/h8-9,13-14H,3-7,10-11H2,1-2H3. The van der Waals surface area contributed by atoms with Crippen molar-refractivity contribution < 1.29 is 9.53 Å². The lowest BCUT2D eigenvalue weighted by Crippen LogP contribution is -2.41. The van der Waals surface area contributed by atoms with Gasteiger partial charge in [0.25, 0.3) is 0 Å². The first kappa shape index (κ1) is 15.2. The molecule has 0 aliphatic carbocycles. The monoisotopic (exact) mass is 304 g/mol. The summed E-state index contributed by atoms with van der Waals surface area (Å²) in [6, 6.07) is 0.479. The Bertz CT molecular complexity index is 511.